The Kier molecular flexibility index (Phi) is 9.71. The number of fused-ring (bicyclic) bond motifs is 5. The summed E-state index contributed by atoms with van der Waals surface area (Å²) in [5.41, 5.74) is 6.18. The minimum Gasteiger partial charge on any atom is -0.465 e. The molecule has 1 saturated heterocycles. The molecule has 6 rings (SSSR count). The Bertz CT molecular complexity index is 1350. The second kappa shape index (κ2) is 13.4. The first-order valence-corrected chi connectivity index (χ1v) is 16.5. The van der Waals surface area contributed by atoms with E-state index < -0.39 is 0 Å². The van der Waals surface area contributed by atoms with E-state index in [0.717, 1.165) is 57.0 Å². The van der Waals surface area contributed by atoms with Gasteiger partial charge >= 0.3 is 5.97 Å². The largest absolute Gasteiger partial charge is 0.465 e. The van der Waals surface area contributed by atoms with Crippen molar-refractivity contribution in [3.8, 4) is 11.3 Å². The predicted octanol–water partition coefficient (Wildman–Crippen LogP) is 6.60. The molecule has 41 heavy (non-hydrogen) atoms. The number of carbonyl (C=O) groups is 2. The minimum atomic E-state index is -0.262. The average Bonchev–Trinajstić information content (AvgIpc) is 3.38. The van der Waals surface area contributed by atoms with Crippen LogP contribution in [-0.4, -0.2) is 79.2 Å². The number of anilines is 1. The highest BCUT2D eigenvalue weighted by Gasteiger charge is 2.33. The summed E-state index contributed by atoms with van der Waals surface area (Å²) in [6.45, 7) is 12.7. The van der Waals surface area contributed by atoms with Crippen LogP contribution in [0.3, 0.4) is 0 Å². The van der Waals surface area contributed by atoms with Crippen molar-refractivity contribution in [3.05, 3.63) is 40.8 Å². The summed E-state index contributed by atoms with van der Waals surface area (Å²) in [7, 11) is 1.46. The van der Waals surface area contributed by atoms with E-state index in [1.165, 1.54) is 67.2 Å². The average molecular weight is 579 g/mol. The summed E-state index contributed by atoms with van der Waals surface area (Å²) in [5, 5.41) is 0. The third-order valence-corrected chi connectivity index (χ3v) is 10.2. The van der Waals surface area contributed by atoms with Crippen molar-refractivity contribution in [2.24, 2.45) is 0 Å². The number of hydrogen-bond donors (Lipinski definition) is 0. The van der Waals surface area contributed by atoms with Crippen LogP contribution in [-0.2, 0) is 16.1 Å². The Morgan fingerprint density at radius 3 is 2.34 bits per heavy atom. The lowest BCUT2D eigenvalue weighted by molar-refractivity contribution is -0.131. The number of esters is 1. The van der Waals surface area contributed by atoms with E-state index in [-0.39, 0.29) is 11.9 Å². The van der Waals surface area contributed by atoms with Gasteiger partial charge in [-0.25, -0.2) is 4.79 Å². The molecule has 8 heteroatoms. The van der Waals surface area contributed by atoms with Gasteiger partial charge in [0.15, 0.2) is 0 Å². The molecule has 2 aromatic heterocycles. The Hall–Kier alpha value is -2.84. The molecule has 4 heterocycles. The summed E-state index contributed by atoms with van der Waals surface area (Å²) in [6.07, 6.45) is 7.47. The van der Waals surface area contributed by atoms with E-state index in [9.17, 15) is 9.59 Å². The summed E-state index contributed by atoms with van der Waals surface area (Å²) in [5.74, 6) is 0.429. The molecule has 0 unspecified atom stereocenters. The molecular weight excluding hydrogens is 532 g/mol. The highest BCUT2D eigenvalue weighted by molar-refractivity contribution is 7.21. The van der Waals surface area contributed by atoms with Crippen molar-refractivity contribution >= 4 is 39.1 Å². The maximum Gasteiger partial charge on any atom is 0.348 e. The smallest absolute Gasteiger partial charge is 0.348 e. The van der Waals surface area contributed by atoms with Gasteiger partial charge in [0, 0.05) is 50.5 Å². The van der Waals surface area contributed by atoms with E-state index in [1.807, 2.05) is 24.8 Å². The first-order valence-electron chi connectivity index (χ1n) is 15.7. The third-order valence-electron chi connectivity index (χ3n) is 9.01. The van der Waals surface area contributed by atoms with Crippen LogP contribution in [0.4, 0.5) is 5.69 Å². The number of benzene rings is 1. The van der Waals surface area contributed by atoms with Gasteiger partial charge in [0.25, 0.3) is 0 Å². The Morgan fingerprint density at radius 2 is 1.66 bits per heavy atom. The summed E-state index contributed by atoms with van der Waals surface area (Å²) in [6, 6.07) is 10.7. The SMILES string of the molecule is CC.CCN1CCN(C(=O)CN2CCn3c(c(C4CCCCCC4)c4sc(C(=O)OC)cc43)-c3ccccc32)CC1. The molecule has 0 spiro atoms. The Balaban J connectivity index is 0.00000165. The van der Waals surface area contributed by atoms with Crippen molar-refractivity contribution in [1.82, 2.24) is 14.4 Å². The molecule has 2 fully saturated rings. The summed E-state index contributed by atoms with van der Waals surface area (Å²) in [4.78, 5) is 33.4. The number of piperazine rings is 1. The number of aromatic nitrogens is 1. The van der Waals surface area contributed by atoms with Crippen LogP contribution in [0.2, 0.25) is 0 Å². The molecule has 3 aromatic rings. The van der Waals surface area contributed by atoms with Crippen molar-refractivity contribution < 1.29 is 14.3 Å². The zero-order chi connectivity index (χ0) is 28.9. The number of nitrogens with zero attached hydrogens (tertiary/aromatic N) is 4. The van der Waals surface area contributed by atoms with Gasteiger partial charge in [0.05, 0.1) is 29.6 Å². The molecule has 3 aliphatic rings. The molecule has 222 valence electrons. The van der Waals surface area contributed by atoms with Crippen LogP contribution in [0.5, 0.6) is 0 Å². The van der Waals surface area contributed by atoms with Crippen LogP contribution in [0.15, 0.2) is 30.3 Å². The van der Waals surface area contributed by atoms with Crippen LogP contribution in [0.1, 0.15) is 80.4 Å². The van der Waals surface area contributed by atoms with Crippen molar-refractivity contribution in [3.63, 3.8) is 0 Å². The van der Waals surface area contributed by atoms with E-state index >= 15 is 0 Å². The molecule has 2 aliphatic heterocycles. The zero-order valence-corrected chi connectivity index (χ0v) is 26.1. The molecule has 0 radical (unpaired) electrons. The van der Waals surface area contributed by atoms with E-state index in [4.69, 9.17) is 4.74 Å². The minimum absolute atomic E-state index is 0.213. The third kappa shape index (κ3) is 5.91. The molecular formula is C33H46N4O3S. The maximum absolute atomic E-state index is 13.5. The monoisotopic (exact) mass is 578 g/mol. The van der Waals surface area contributed by atoms with Gasteiger partial charge < -0.3 is 24.0 Å². The highest BCUT2D eigenvalue weighted by Crippen LogP contribution is 2.49. The number of carbonyl (C=O) groups excluding carboxylic acids is 2. The van der Waals surface area contributed by atoms with Crippen LogP contribution < -0.4 is 4.90 Å². The molecule has 1 amide bonds. The lowest BCUT2D eigenvalue weighted by Gasteiger charge is -2.35. The predicted molar refractivity (Wildman–Crippen MR) is 169 cm³/mol. The lowest BCUT2D eigenvalue weighted by Crippen LogP contribution is -2.51. The van der Waals surface area contributed by atoms with Crippen LogP contribution in [0.25, 0.3) is 21.5 Å². The van der Waals surface area contributed by atoms with Gasteiger partial charge in [0.1, 0.15) is 4.88 Å². The van der Waals surface area contributed by atoms with Gasteiger partial charge in [0.2, 0.25) is 5.91 Å². The zero-order valence-electron chi connectivity index (χ0n) is 25.3. The number of rotatable bonds is 5. The van der Waals surface area contributed by atoms with Gasteiger partial charge in [-0.3, -0.25) is 4.79 Å². The van der Waals surface area contributed by atoms with Gasteiger partial charge in [-0.1, -0.05) is 64.7 Å². The van der Waals surface area contributed by atoms with Gasteiger partial charge in [-0.15, -0.1) is 11.3 Å². The lowest BCUT2D eigenvalue weighted by atomic mass is 9.89. The molecule has 0 bridgehead atoms. The normalized spacial score (nSPS) is 18.1. The second-order valence-corrected chi connectivity index (χ2v) is 12.2. The first kappa shape index (κ1) is 29.6. The molecule has 7 nitrogen and oxygen atoms in total. The van der Waals surface area contributed by atoms with E-state index in [0.29, 0.717) is 17.3 Å². The molecule has 0 N–H and O–H groups in total. The molecule has 1 aromatic carbocycles. The number of amides is 1. The maximum atomic E-state index is 13.5. The second-order valence-electron chi connectivity index (χ2n) is 11.2. The summed E-state index contributed by atoms with van der Waals surface area (Å²) < 4.78 is 8.78. The number of ether oxygens (including phenoxy) is 1. The van der Waals surface area contributed by atoms with Crippen LogP contribution >= 0.6 is 11.3 Å². The number of thiophene rings is 1. The van der Waals surface area contributed by atoms with E-state index in [1.54, 1.807) is 11.3 Å². The molecule has 1 aliphatic carbocycles. The van der Waals surface area contributed by atoms with Crippen molar-refractivity contribution in [2.45, 2.75) is 71.8 Å². The number of likely N-dealkylation sites (N-methyl/N-ethyl adjacent to an activating group) is 1. The first-order chi connectivity index (χ1) is 20.1. The Labute approximate surface area is 249 Å². The van der Waals surface area contributed by atoms with Gasteiger partial charge in [-0.2, -0.15) is 0 Å². The number of para-hydroxylation sites is 1. The fraction of sp³-hybridized carbons (Fsp3) is 0.576. The standard InChI is InChI=1S/C31H40N4O3S.C2H6/c1-3-32-14-16-33(17-15-32)27(36)21-34-18-19-35-25-20-26(31(37)38-2)39-30(25)28(22-10-6-4-5-7-11-22)29(35)23-12-8-9-13-24(23)34;1-2/h8-9,12-13,20,22H,3-7,10-11,14-19,21H2,1-2H3;1-2H3. The molecule has 1 saturated carbocycles. The number of hydrogen-bond acceptors (Lipinski definition) is 6. The highest BCUT2D eigenvalue weighted by atomic mass is 32.1. The van der Waals surface area contributed by atoms with E-state index in [2.05, 4.69) is 45.6 Å². The fourth-order valence-electron chi connectivity index (χ4n) is 6.85. The van der Waals surface area contributed by atoms with Crippen molar-refractivity contribution in [1.29, 1.82) is 0 Å². The quantitative estimate of drug-likeness (QED) is 0.252. The van der Waals surface area contributed by atoms with Crippen molar-refractivity contribution in [2.75, 3.05) is 57.8 Å². The summed E-state index contributed by atoms with van der Waals surface area (Å²) >= 11 is 1.59. The van der Waals surface area contributed by atoms with Gasteiger partial charge in [-0.05, 0) is 43.0 Å². The topological polar surface area (TPSA) is 58.0 Å². The fourth-order valence-corrected chi connectivity index (χ4v) is 8.05. The van der Waals surface area contributed by atoms with Crippen LogP contribution in [0, 0.1) is 0 Å². The Morgan fingerprint density at radius 1 is 0.951 bits per heavy atom. The number of methoxy groups -OCH3 is 1. The molecule has 0 atom stereocenters.